The van der Waals surface area contributed by atoms with Crippen LogP contribution in [-0.2, 0) is 19.6 Å². The number of amides is 2. The molecule has 0 spiro atoms. The van der Waals surface area contributed by atoms with Gasteiger partial charge in [0.25, 0.3) is 0 Å². The second-order valence-corrected chi connectivity index (χ2v) is 8.75. The van der Waals surface area contributed by atoms with Crippen LogP contribution in [0.2, 0.25) is 0 Å². The van der Waals surface area contributed by atoms with Crippen molar-refractivity contribution in [2.75, 3.05) is 30.9 Å². The van der Waals surface area contributed by atoms with Crippen LogP contribution in [0.25, 0.3) is 0 Å². The second-order valence-electron chi connectivity index (χ2n) is 6.71. The first kappa shape index (κ1) is 21.6. The summed E-state index contributed by atoms with van der Waals surface area (Å²) in [4.78, 5) is 25.2. The van der Waals surface area contributed by atoms with Crippen LogP contribution in [0.3, 0.4) is 0 Å². The Kier molecular flexibility index (Phi) is 6.58. The van der Waals surface area contributed by atoms with E-state index in [-0.39, 0.29) is 23.3 Å². The van der Waals surface area contributed by atoms with Crippen LogP contribution in [-0.4, -0.2) is 45.2 Å². The van der Waals surface area contributed by atoms with Gasteiger partial charge < -0.3 is 10.2 Å². The Morgan fingerprint density at radius 2 is 1.61 bits per heavy atom. The Labute approximate surface area is 166 Å². The average Bonchev–Trinajstić information content (AvgIpc) is 2.63. The van der Waals surface area contributed by atoms with Crippen LogP contribution < -0.4 is 10.2 Å². The largest absolute Gasteiger partial charge is 0.326 e. The Hall–Kier alpha value is -2.71. The molecule has 1 N–H and O–H groups in total. The van der Waals surface area contributed by atoms with Crippen LogP contribution in [0.15, 0.2) is 47.4 Å². The lowest BCUT2D eigenvalue weighted by atomic mass is 10.1. The molecule has 0 aliphatic carbocycles. The van der Waals surface area contributed by atoms with Crippen molar-refractivity contribution in [2.45, 2.75) is 25.7 Å². The van der Waals surface area contributed by atoms with E-state index in [1.54, 1.807) is 7.05 Å². The number of carbonyl (C=O) groups is 2. The molecule has 0 unspecified atom stereocenters. The summed E-state index contributed by atoms with van der Waals surface area (Å²) in [7, 11) is -0.841. The number of benzene rings is 2. The molecule has 0 saturated heterocycles. The minimum absolute atomic E-state index is 0.0475. The number of carbonyl (C=O) groups excluding carboxylic acids is 2. The van der Waals surface area contributed by atoms with Gasteiger partial charge in [-0.2, -0.15) is 4.31 Å². The molecule has 0 radical (unpaired) electrons. The molecule has 0 aromatic heterocycles. The Morgan fingerprint density at radius 1 is 1.00 bits per heavy atom. The quantitative estimate of drug-likeness (QED) is 0.803. The van der Waals surface area contributed by atoms with E-state index in [0.29, 0.717) is 5.69 Å². The molecule has 0 aliphatic heterocycles. The lowest BCUT2D eigenvalue weighted by molar-refractivity contribution is -0.118. The van der Waals surface area contributed by atoms with E-state index in [2.05, 4.69) is 5.32 Å². The molecule has 7 nitrogen and oxygen atoms in total. The van der Waals surface area contributed by atoms with Gasteiger partial charge in [-0.3, -0.25) is 9.59 Å². The van der Waals surface area contributed by atoms with Gasteiger partial charge in [0.1, 0.15) is 0 Å². The molecule has 28 heavy (non-hydrogen) atoms. The fraction of sp³-hybridized carbons (Fsp3) is 0.300. The van der Waals surface area contributed by atoms with E-state index in [0.717, 1.165) is 21.1 Å². The molecule has 2 amide bonds. The Morgan fingerprint density at radius 3 is 2.18 bits per heavy atom. The average molecular weight is 404 g/mol. The van der Waals surface area contributed by atoms with Gasteiger partial charge in [0.2, 0.25) is 21.8 Å². The maximum absolute atomic E-state index is 12.7. The molecular weight excluding hydrogens is 378 g/mol. The van der Waals surface area contributed by atoms with E-state index in [1.807, 2.05) is 32.0 Å². The Bertz CT molecular complexity index is 985. The van der Waals surface area contributed by atoms with E-state index < -0.39 is 10.0 Å². The standard InChI is InChI=1S/C20H25N3O4S/c1-14-6-7-15(2)19(12-14)23(5)20(25)13-22(4)28(26,27)18-10-8-17(9-11-18)21-16(3)24/h6-12H,13H2,1-5H3,(H,21,24). The van der Waals surface area contributed by atoms with Gasteiger partial charge in [-0.1, -0.05) is 12.1 Å². The zero-order valence-corrected chi connectivity index (χ0v) is 17.5. The maximum atomic E-state index is 12.7. The summed E-state index contributed by atoms with van der Waals surface area (Å²) < 4.78 is 26.5. The number of sulfonamides is 1. The van der Waals surface area contributed by atoms with Gasteiger partial charge in [0.05, 0.1) is 11.4 Å². The number of aryl methyl sites for hydroxylation is 2. The summed E-state index contributed by atoms with van der Waals surface area (Å²) in [5.41, 5.74) is 3.19. The molecule has 2 rings (SSSR count). The van der Waals surface area contributed by atoms with Crippen LogP contribution in [0, 0.1) is 13.8 Å². The molecule has 150 valence electrons. The minimum atomic E-state index is -3.84. The number of likely N-dealkylation sites (N-methyl/N-ethyl adjacent to an activating group) is 2. The van der Waals surface area contributed by atoms with E-state index in [1.165, 1.54) is 43.1 Å². The third-order valence-corrected chi connectivity index (χ3v) is 6.16. The predicted octanol–water partition coefficient (Wildman–Crippen LogP) is 2.55. The molecule has 0 atom stereocenters. The summed E-state index contributed by atoms with van der Waals surface area (Å²) >= 11 is 0. The summed E-state index contributed by atoms with van der Waals surface area (Å²) in [6.07, 6.45) is 0. The second kappa shape index (κ2) is 8.53. The molecule has 8 heteroatoms. The molecule has 0 heterocycles. The molecule has 0 bridgehead atoms. The summed E-state index contributed by atoms with van der Waals surface area (Å²) in [6, 6.07) is 11.6. The van der Waals surface area contributed by atoms with Crippen molar-refractivity contribution in [3.63, 3.8) is 0 Å². The Balaban J connectivity index is 2.15. The topological polar surface area (TPSA) is 86.8 Å². The molecule has 0 saturated carbocycles. The maximum Gasteiger partial charge on any atom is 0.243 e. The molecule has 2 aromatic rings. The van der Waals surface area contributed by atoms with Crippen LogP contribution >= 0.6 is 0 Å². The van der Waals surface area contributed by atoms with Gasteiger partial charge in [0.15, 0.2) is 0 Å². The highest BCUT2D eigenvalue weighted by Crippen LogP contribution is 2.22. The first-order valence-electron chi connectivity index (χ1n) is 8.70. The number of nitrogens with one attached hydrogen (secondary N) is 1. The van der Waals surface area contributed by atoms with Crippen molar-refractivity contribution in [2.24, 2.45) is 0 Å². The fourth-order valence-electron chi connectivity index (χ4n) is 2.69. The lowest BCUT2D eigenvalue weighted by Gasteiger charge is -2.23. The SMILES string of the molecule is CC(=O)Nc1ccc(S(=O)(=O)N(C)CC(=O)N(C)c2cc(C)ccc2C)cc1. The highest BCUT2D eigenvalue weighted by molar-refractivity contribution is 7.89. The van der Waals surface area contributed by atoms with Crippen molar-refractivity contribution in [1.82, 2.24) is 4.31 Å². The third kappa shape index (κ3) is 4.96. The van der Waals surface area contributed by atoms with Crippen molar-refractivity contribution in [3.8, 4) is 0 Å². The van der Waals surface area contributed by atoms with E-state index in [4.69, 9.17) is 0 Å². The first-order valence-corrected chi connectivity index (χ1v) is 10.1. The van der Waals surface area contributed by atoms with Crippen LogP contribution in [0.4, 0.5) is 11.4 Å². The van der Waals surface area contributed by atoms with Crippen molar-refractivity contribution in [1.29, 1.82) is 0 Å². The van der Waals surface area contributed by atoms with Crippen LogP contribution in [0.1, 0.15) is 18.1 Å². The van der Waals surface area contributed by atoms with E-state index >= 15 is 0 Å². The number of hydrogen-bond donors (Lipinski definition) is 1. The number of rotatable bonds is 6. The molecule has 0 fully saturated rings. The van der Waals surface area contributed by atoms with E-state index in [9.17, 15) is 18.0 Å². The minimum Gasteiger partial charge on any atom is -0.326 e. The number of hydrogen-bond acceptors (Lipinski definition) is 4. The predicted molar refractivity (Wildman–Crippen MR) is 110 cm³/mol. The third-order valence-electron chi connectivity index (χ3n) is 4.34. The summed E-state index contributed by atoms with van der Waals surface area (Å²) in [6.45, 7) is 4.91. The number of anilines is 2. The zero-order chi connectivity index (χ0) is 21.1. The van der Waals surface area contributed by atoms with Crippen molar-refractivity contribution in [3.05, 3.63) is 53.6 Å². The van der Waals surface area contributed by atoms with Gasteiger partial charge in [-0.05, 0) is 55.3 Å². The smallest absolute Gasteiger partial charge is 0.243 e. The van der Waals surface area contributed by atoms with Gasteiger partial charge in [0, 0.05) is 32.4 Å². The normalized spacial score (nSPS) is 11.4. The highest BCUT2D eigenvalue weighted by Gasteiger charge is 2.25. The first-order chi connectivity index (χ1) is 13.0. The zero-order valence-electron chi connectivity index (χ0n) is 16.7. The molecular formula is C20H25N3O4S. The van der Waals surface area contributed by atoms with Crippen LogP contribution in [0.5, 0.6) is 0 Å². The number of nitrogens with zero attached hydrogens (tertiary/aromatic N) is 2. The van der Waals surface area contributed by atoms with Gasteiger partial charge in [-0.15, -0.1) is 0 Å². The van der Waals surface area contributed by atoms with Crippen molar-refractivity contribution < 1.29 is 18.0 Å². The monoisotopic (exact) mass is 403 g/mol. The van der Waals surface area contributed by atoms with Gasteiger partial charge in [-0.25, -0.2) is 8.42 Å². The summed E-state index contributed by atoms with van der Waals surface area (Å²) in [5, 5.41) is 2.58. The molecule has 2 aromatic carbocycles. The summed E-state index contributed by atoms with van der Waals surface area (Å²) in [5.74, 6) is -0.581. The fourth-order valence-corrected chi connectivity index (χ4v) is 3.81. The lowest BCUT2D eigenvalue weighted by Crippen LogP contribution is -2.39. The van der Waals surface area contributed by atoms with Crippen molar-refractivity contribution >= 4 is 33.2 Å². The highest BCUT2D eigenvalue weighted by atomic mass is 32.2. The molecule has 0 aliphatic rings. The van der Waals surface area contributed by atoms with Gasteiger partial charge >= 0.3 is 0 Å².